The summed E-state index contributed by atoms with van der Waals surface area (Å²) in [5.41, 5.74) is -1.37. The molecule has 0 atom stereocenters. The number of sulfonamides is 1. The zero-order valence-corrected chi connectivity index (χ0v) is 12.8. The van der Waals surface area contributed by atoms with Gasteiger partial charge in [0.25, 0.3) is 0 Å². The fourth-order valence-electron chi connectivity index (χ4n) is 2.00. The molecule has 0 unspecified atom stereocenters. The Balaban J connectivity index is 2.29. The van der Waals surface area contributed by atoms with Gasteiger partial charge in [-0.3, -0.25) is 0 Å². The summed E-state index contributed by atoms with van der Waals surface area (Å²) in [5.74, 6) is -1.39. The molecule has 2 aromatic rings. The second-order valence-corrected chi connectivity index (χ2v) is 6.93. The Bertz CT molecular complexity index is 789. The molecule has 0 saturated carbocycles. The van der Waals surface area contributed by atoms with Gasteiger partial charge in [0, 0.05) is 13.6 Å². The predicted molar refractivity (Wildman–Crippen MR) is 76.5 cm³/mol. The molecular formula is C15H13F4NO2S. The van der Waals surface area contributed by atoms with Crippen molar-refractivity contribution < 1.29 is 26.0 Å². The molecule has 0 aromatic heterocycles. The maximum Gasteiger partial charge on any atom is 0.419 e. The highest BCUT2D eigenvalue weighted by atomic mass is 32.2. The molecule has 124 valence electrons. The van der Waals surface area contributed by atoms with Crippen LogP contribution in [0.25, 0.3) is 0 Å². The van der Waals surface area contributed by atoms with Crippen LogP contribution < -0.4 is 0 Å². The van der Waals surface area contributed by atoms with Crippen molar-refractivity contribution in [2.75, 3.05) is 7.05 Å². The Morgan fingerprint density at radius 1 is 1.04 bits per heavy atom. The lowest BCUT2D eigenvalue weighted by Gasteiger charge is -2.18. The van der Waals surface area contributed by atoms with Crippen LogP contribution in [0.1, 0.15) is 11.1 Å². The molecule has 0 aliphatic carbocycles. The summed E-state index contributed by atoms with van der Waals surface area (Å²) in [6, 6.07) is 9.93. The maximum atomic E-state index is 13.3. The number of rotatable bonds is 4. The van der Waals surface area contributed by atoms with E-state index in [1.54, 1.807) is 18.2 Å². The van der Waals surface area contributed by atoms with E-state index in [0.717, 1.165) is 10.4 Å². The summed E-state index contributed by atoms with van der Waals surface area (Å²) >= 11 is 0. The van der Waals surface area contributed by atoms with Crippen LogP contribution in [-0.4, -0.2) is 19.8 Å². The molecule has 0 aliphatic heterocycles. The minimum atomic E-state index is -4.84. The van der Waals surface area contributed by atoms with E-state index in [2.05, 4.69) is 0 Å². The third kappa shape index (κ3) is 3.89. The summed E-state index contributed by atoms with van der Waals surface area (Å²) < 4.78 is 76.9. The monoisotopic (exact) mass is 347 g/mol. The van der Waals surface area contributed by atoms with Crippen LogP contribution in [0.4, 0.5) is 17.6 Å². The van der Waals surface area contributed by atoms with E-state index < -0.39 is 27.6 Å². The maximum absolute atomic E-state index is 13.3. The third-order valence-electron chi connectivity index (χ3n) is 3.19. The Labute approximate surface area is 131 Å². The molecule has 0 spiro atoms. The molecule has 0 fully saturated rings. The zero-order valence-electron chi connectivity index (χ0n) is 12.0. The topological polar surface area (TPSA) is 37.4 Å². The lowest BCUT2D eigenvalue weighted by Crippen LogP contribution is -2.26. The highest BCUT2D eigenvalue weighted by molar-refractivity contribution is 7.89. The second-order valence-electron chi connectivity index (χ2n) is 4.89. The minimum Gasteiger partial charge on any atom is -0.207 e. The van der Waals surface area contributed by atoms with Crippen molar-refractivity contribution in [3.05, 3.63) is 65.5 Å². The van der Waals surface area contributed by atoms with Crippen LogP contribution in [-0.2, 0) is 22.7 Å². The summed E-state index contributed by atoms with van der Waals surface area (Å²) in [4.78, 5) is 0.0284. The van der Waals surface area contributed by atoms with Gasteiger partial charge in [0.15, 0.2) is 0 Å². The third-order valence-corrected chi connectivity index (χ3v) is 5.01. The van der Waals surface area contributed by atoms with Crippen LogP contribution in [0.15, 0.2) is 53.4 Å². The molecule has 0 heterocycles. The van der Waals surface area contributed by atoms with Gasteiger partial charge >= 0.3 is 6.18 Å². The molecule has 2 aromatic carbocycles. The van der Waals surface area contributed by atoms with Crippen LogP contribution in [0.3, 0.4) is 0 Å². The summed E-state index contributed by atoms with van der Waals surface area (Å²) in [5, 5.41) is 0. The van der Waals surface area contributed by atoms with Gasteiger partial charge in [-0.1, -0.05) is 24.3 Å². The van der Waals surface area contributed by atoms with Crippen LogP contribution in [0.2, 0.25) is 0 Å². The number of alkyl halides is 3. The normalized spacial score (nSPS) is 12.6. The van der Waals surface area contributed by atoms with Crippen molar-refractivity contribution in [2.24, 2.45) is 0 Å². The fourth-order valence-corrected chi connectivity index (χ4v) is 3.18. The molecule has 0 N–H and O–H groups in total. The van der Waals surface area contributed by atoms with Gasteiger partial charge in [-0.2, -0.15) is 17.5 Å². The quantitative estimate of drug-likeness (QED) is 0.792. The van der Waals surface area contributed by atoms with Crippen molar-refractivity contribution in [3.63, 3.8) is 0 Å². The largest absolute Gasteiger partial charge is 0.419 e. The Morgan fingerprint density at radius 3 is 2.22 bits per heavy atom. The SMILES string of the molecule is CN(Cc1ccc(F)c(C(F)(F)F)c1)S(=O)(=O)c1ccccc1. The van der Waals surface area contributed by atoms with E-state index in [0.29, 0.717) is 12.1 Å². The minimum absolute atomic E-state index is 0.0284. The number of halogens is 4. The van der Waals surface area contributed by atoms with Crippen molar-refractivity contribution in [1.82, 2.24) is 4.31 Å². The van der Waals surface area contributed by atoms with Gasteiger partial charge in [0.05, 0.1) is 10.5 Å². The highest BCUT2D eigenvalue weighted by Crippen LogP contribution is 2.32. The van der Waals surface area contributed by atoms with Crippen molar-refractivity contribution >= 4 is 10.0 Å². The predicted octanol–water partition coefficient (Wildman–Crippen LogP) is 3.67. The summed E-state index contributed by atoms with van der Waals surface area (Å²) in [7, 11) is -2.59. The van der Waals surface area contributed by atoms with Crippen molar-refractivity contribution in [1.29, 1.82) is 0 Å². The molecule has 0 bridgehead atoms. The molecule has 3 nitrogen and oxygen atoms in total. The van der Waals surface area contributed by atoms with Gasteiger partial charge in [-0.05, 0) is 29.8 Å². The first-order valence-electron chi connectivity index (χ1n) is 6.49. The Hall–Kier alpha value is -1.93. The van der Waals surface area contributed by atoms with Crippen LogP contribution in [0.5, 0.6) is 0 Å². The lowest BCUT2D eigenvalue weighted by atomic mass is 10.1. The second kappa shape index (κ2) is 6.29. The first kappa shape index (κ1) is 17.4. The standard InChI is InChI=1S/C15H13F4NO2S/c1-20(23(21,22)12-5-3-2-4-6-12)10-11-7-8-14(16)13(9-11)15(17,18)19/h2-9H,10H2,1H3. The first-order chi connectivity index (χ1) is 10.6. The lowest BCUT2D eigenvalue weighted by molar-refractivity contribution is -0.140. The van der Waals surface area contributed by atoms with Crippen molar-refractivity contribution in [3.8, 4) is 0 Å². The van der Waals surface area contributed by atoms with E-state index in [9.17, 15) is 26.0 Å². The summed E-state index contributed by atoms with van der Waals surface area (Å²) in [6.07, 6.45) is -4.84. The first-order valence-corrected chi connectivity index (χ1v) is 7.93. The summed E-state index contributed by atoms with van der Waals surface area (Å²) in [6.45, 7) is -0.305. The van der Waals surface area contributed by atoms with Gasteiger partial charge in [-0.25, -0.2) is 12.8 Å². The number of hydrogen-bond donors (Lipinski definition) is 0. The highest BCUT2D eigenvalue weighted by Gasteiger charge is 2.34. The Kier molecular flexibility index (Phi) is 4.76. The smallest absolute Gasteiger partial charge is 0.207 e. The molecule has 2 rings (SSSR count). The molecule has 0 saturated heterocycles. The average molecular weight is 347 g/mol. The molecular weight excluding hydrogens is 334 g/mol. The van der Waals surface area contributed by atoms with E-state index in [1.165, 1.54) is 19.2 Å². The van der Waals surface area contributed by atoms with Crippen molar-refractivity contribution in [2.45, 2.75) is 17.6 Å². The van der Waals surface area contributed by atoms with Gasteiger partial charge in [-0.15, -0.1) is 0 Å². The van der Waals surface area contributed by atoms with E-state index in [1.807, 2.05) is 0 Å². The van der Waals surface area contributed by atoms with E-state index in [4.69, 9.17) is 0 Å². The van der Waals surface area contributed by atoms with Gasteiger partial charge in [0.2, 0.25) is 10.0 Å². The number of benzene rings is 2. The number of nitrogens with zero attached hydrogens (tertiary/aromatic N) is 1. The molecule has 8 heteroatoms. The van der Waals surface area contributed by atoms with Gasteiger partial charge in [0.1, 0.15) is 5.82 Å². The molecule has 0 radical (unpaired) electrons. The van der Waals surface area contributed by atoms with Gasteiger partial charge < -0.3 is 0 Å². The average Bonchev–Trinajstić information content (AvgIpc) is 2.49. The van der Waals surface area contributed by atoms with Crippen LogP contribution >= 0.6 is 0 Å². The van der Waals surface area contributed by atoms with E-state index >= 15 is 0 Å². The van der Waals surface area contributed by atoms with Crippen LogP contribution in [0, 0.1) is 5.82 Å². The zero-order chi connectivity index (χ0) is 17.3. The molecule has 0 amide bonds. The molecule has 0 aliphatic rings. The Morgan fingerprint density at radius 2 is 1.65 bits per heavy atom. The molecule has 23 heavy (non-hydrogen) atoms. The fraction of sp³-hybridized carbons (Fsp3) is 0.200. The number of hydrogen-bond acceptors (Lipinski definition) is 2. The van der Waals surface area contributed by atoms with E-state index in [-0.39, 0.29) is 17.0 Å².